The van der Waals surface area contributed by atoms with Crippen LogP contribution in [0.3, 0.4) is 0 Å². The molecule has 36 heavy (non-hydrogen) atoms. The van der Waals surface area contributed by atoms with Gasteiger partial charge >= 0.3 is 5.97 Å². The van der Waals surface area contributed by atoms with Crippen molar-refractivity contribution in [3.05, 3.63) is 48.0 Å². The molecule has 0 aliphatic carbocycles. The van der Waals surface area contributed by atoms with Gasteiger partial charge in [0.2, 0.25) is 0 Å². The number of carboxylic acid groups (broad SMARTS) is 1. The zero-order valence-electron chi connectivity index (χ0n) is 21.9. The Morgan fingerprint density at radius 2 is 1.06 bits per heavy atom. The molecule has 2 rings (SSSR count). The number of phenolic OH excluding ortho intramolecular Hbond substituents is 1. The van der Waals surface area contributed by atoms with Crippen molar-refractivity contribution >= 4 is 5.97 Å². The molecule has 200 valence electrons. The van der Waals surface area contributed by atoms with Crippen molar-refractivity contribution < 1.29 is 29.2 Å². The number of carboxylic acids is 1. The summed E-state index contributed by atoms with van der Waals surface area (Å²) in [6, 6.07) is 11.3. The largest absolute Gasteiger partial charge is 0.508 e. The van der Waals surface area contributed by atoms with Crippen molar-refractivity contribution in [1.82, 2.24) is 0 Å². The van der Waals surface area contributed by atoms with Crippen LogP contribution in [-0.2, 0) is 0 Å². The Morgan fingerprint density at radius 3 is 1.56 bits per heavy atom. The number of phenols is 1. The van der Waals surface area contributed by atoms with E-state index in [0.29, 0.717) is 43.5 Å². The Morgan fingerprint density at radius 1 is 0.611 bits per heavy atom. The molecule has 0 atom stereocenters. The summed E-state index contributed by atoms with van der Waals surface area (Å²) in [5, 5.41) is 18.7. The summed E-state index contributed by atoms with van der Waals surface area (Å²) in [6.45, 7) is 3.66. The molecule has 0 aliphatic heterocycles. The first kappa shape index (κ1) is 29.3. The van der Waals surface area contributed by atoms with Crippen LogP contribution in [0.15, 0.2) is 42.5 Å². The minimum Gasteiger partial charge on any atom is -0.508 e. The lowest BCUT2D eigenvalue weighted by Crippen LogP contribution is -2.06. The highest BCUT2D eigenvalue weighted by Gasteiger charge is 2.09. The third-order valence-corrected chi connectivity index (χ3v) is 6.06. The van der Waals surface area contributed by atoms with E-state index in [9.17, 15) is 15.0 Å². The van der Waals surface area contributed by atoms with E-state index in [1.54, 1.807) is 36.4 Å². The topological polar surface area (TPSA) is 85.2 Å². The van der Waals surface area contributed by atoms with E-state index in [1.165, 1.54) is 70.3 Å². The molecule has 0 radical (unpaired) electrons. The summed E-state index contributed by atoms with van der Waals surface area (Å²) >= 11 is 0. The first-order valence-corrected chi connectivity index (χ1v) is 13.6. The predicted molar refractivity (Wildman–Crippen MR) is 144 cm³/mol. The highest BCUT2D eigenvalue weighted by molar-refractivity contribution is 5.88. The second kappa shape index (κ2) is 18.4. The Balaban J connectivity index is 1.59. The normalized spacial score (nSPS) is 10.8. The van der Waals surface area contributed by atoms with E-state index in [1.807, 2.05) is 0 Å². The van der Waals surface area contributed by atoms with Crippen LogP contribution < -0.4 is 14.2 Å². The van der Waals surface area contributed by atoms with E-state index in [-0.39, 0.29) is 11.3 Å². The molecule has 0 saturated carbocycles. The van der Waals surface area contributed by atoms with Gasteiger partial charge in [0.15, 0.2) is 0 Å². The maximum Gasteiger partial charge on any atom is 0.335 e. The summed E-state index contributed by atoms with van der Waals surface area (Å²) in [5.74, 6) is 0.860. The van der Waals surface area contributed by atoms with Gasteiger partial charge in [0.1, 0.15) is 23.0 Å². The molecule has 2 aromatic rings. The number of hydrogen-bond acceptors (Lipinski definition) is 5. The number of benzene rings is 2. The second-order valence-electron chi connectivity index (χ2n) is 9.28. The molecule has 2 N–H and O–H groups in total. The van der Waals surface area contributed by atoms with Gasteiger partial charge in [0.05, 0.1) is 25.4 Å². The molecule has 0 unspecified atom stereocenters. The van der Waals surface area contributed by atoms with Crippen molar-refractivity contribution in [3.63, 3.8) is 0 Å². The fraction of sp³-hybridized carbons (Fsp3) is 0.567. The fourth-order valence-electron chi connectivity index (χ4n) is 3.98. The molecule has 2 aromatic carbocycles. The minimum absolute atomic E-state index is 0.150. The minimum atomic E-state index is -1.01. The van der Waals surface area contributed by atoms with Gasteiger partial charge in [-0.15, -0.1) is 0 Å². The Labute approximate surface area is 216 Å². The number of aromatic carboxylic acids is 1. The van der Waals surface area contributed by atoms with Crippen molar-refractivity contribution in [2.75, 3.05) is 19.8 Å². The number of aromatic hydroxyl groups is 1. The Bertz CT molecular complexity index is 849. The third-order valence-electron chi connectivity index (χ3n) is 6.06. The molecule has 0 fully saturated rings. The van der Waals surface area contributed by atoms with E-state index in [0.717, 1.165) is 12.8 Å². The van der Waals surface area contributed by atoms with Crippen LogP contribution in [0.4, 0.5) is 0 Å². The molecule has 0 saturated heterocycles. The maximum absolute atomic E-state index is 11.5. The van der Waals surface area contributed by atoms with Crippen LogP contribution in [-0.4, -0.2) is 36.0 Å². The first-order valence-electron chi connectivity index (χ1n) is 13.6. The molecule has 0 heterocycles. The first-order chi connectivity index (χ1) is 17.6. The summed E-state index contributed by atoms with van der Waals surface area (Å²) in [6.07, 6.45) is 16.1. The monoisotopic (exact) mass is 500 g/mol. The fourth-order valence-corrected chi connectivity index (χ4v) is 3.98. The van der Waals surface area contributed by atoms with Gasteiger partial charge in [-0.05, 0) is 42.8 Å². The molecule has 6 heteroatoms. The highest BCUT2D eigenvalue weighted by atomic mass is 16.5. The molecular formula is C30H44O6. The number of carbonyl (C=O) groups is 1. The predicted octanol–water partition coefficient (Wildman–Crippen LogP) is 8.02. The lowest BCUT2D eigenvalue weighted by molar-refractivity contribution is 0.0695. The van der Waals surface area contributed by atoms with Crippen LogP contribution in [0.25, 0.3) is 0 Å². The molecule has 0 spiro atoms. The quantitative estimate of drug-likeness (QED) is 0.169. The van der Waals surface area contributed by atoms with Gasteiger partial charge in [0, 0.05) is 12.5 Å². The Hall–Kier alpha value is -2.89. The SMILES string of the molecule is CCCCCCCCCCCCCCOc1cc(OCCCOc2ccc(O)cc2)cc(C(=O)O)c1. The van der Waals surface area contributed by atoms with E-state index in [2.05, 4.69) is 6.92 Å². The average molecular weight is 501 g/mol. The van der Waals surface area contributed by atoms with Gasteiger partial charge in [-0.2, -0.15) is 0 Å². The van der Waals surface area contributed by atoms with Gasteiger partial charge in [0.25, 0.3) is 0 Å². The van der Waals surface area contributed by atoms with Crippen molar-refractivity contribution in [2.24, 2.45) is 0 Å². The molecular weight excluding hydrogens is 456 g/mol. The summed E-state index contributed by atoms with van der Waals surface area (Å²) in [5.41, 5.74) is 0.150. The van der Waals surface area contributed by atoms with Crippen LogP contribution >= 0.6 is 0 Å². The Kier molecular flexibility index (Phi) is 15.0. The number of unbranched alkanes of at least 4 members (excludes halogenated alkanes) is 11. The lowest BCUT2D eigenvalue weighted by Gasteiger charge is -2.12. The van der Waals surface area contributed by atoms with Gasteiger partial charge in [-0.25, -0.2) is 4.79 Å². The smallest absolute Gasteiger partial charge is 0.335 e. The van der Waals surface area contributed by atoms with Crippen molar-refractivity contribution in [2.45, 2.75) is 90.4 Å². The van der Waals surface area contributed by atoms with Crippen LogP contribution in [0, 0.1) is 0 Å². The number of hydrogen-bond donors (Lipinski definition) is 2. The maximum atomic E-state index is 11.5. The van der Waals surface area contributed by atoms with Gasteiger partial charge < -0.3 is 24.4 Å². The van der Waals surface area contributed by atoms with Gasteiger partial charge in [-0.3, -0.25) is 0 Å². The summed E-state index contributed by atoms with van der Waals surface area (Å²) in [7, 11) is 0. The van der Waals surface area contributed by atoms with Crippen molar-refractivity contribution in [3.8, 4) is 23.0 Å². The zero-order chi connectivity index (χ0) is 25.8. The van der Waals surface area contributed by atoms with Crippen molar-refractivity contribution in [1.29, 1.82) is 0 Å². The van der Waals surface area contributed by atoms with Crippen LogP contribution in [0.5, 0.6) is 23.0 Å². The highest BCUT2D eigenvalue weighted by Crippen LogP contribution is 2.24. The van der Waals surface area contributed by atoms with E-state index >= 15 is 0 Å². The van der Waals surface area contributed by atoms with Gasteiger partial charge in [-0.1, -0.05) is 77.6 Å². The molecule has 0 aliphatic rings. The third kappa shape index (κ3) is 13.3. The molecule has 6 nitrogen and oxygen atoms in total. The summed E-state index contributed by atoms with van der Waals surface area (Å²) in [4.78, 5) is 11.5. The second-order valence-corrected chi connectivity index (χ2v) is 9.28. The summed E-state index contributed by atoms with van der Waals surface area (Å²) < 4.78 is 17.2. The average Bonchev–Trinajstić information content (AvgIpc) is 2.87. The molecule has 0 aromatic heterocycles. The number of rotatable bonds is 21. The van der Waals surface area contributed by atoms with Crippen LogP contribution in [0.1, 0.15) is 101 Å². The lowest BCUT2D eigenvalue weighted by atomic mass is 10.1. The number of ether oxygens (including phenoxy) is 3. The molecule has 0 amide bonds. The van der Waals surface area contributed by atoms with Crippen LogP contribution in [0.2, 0.25) is 0 Å². The van der Waals surface area contributed by atoms with E-state index < -0.39 is 5.97 Å². The molecule has 0 bridgehead atoms. The zero-order valence-corrected chi connectivity index (χ0v) is 21.9. The standard InChI is InChI=1S/C30H44O6/c1-2-3-4-5-6-7-8-9-10-11-12-13-19-35-28-22-25(30(32)33)23-29(24-28)36-21-14-20-34-27-17-15-26(31)16-18-27/h15-18,22-24,31H,2-14,19-21H2,1H3,(H,32,33). The van der Waals surface area contributed by atoms with E-state index in [4.69, 9.17) is 14.2 Å².